The third-order valence-corrected chi connectivity index (χ3v) is 6.61. The maximum Gasteiger partial charge on any atom is 0.341 e. The minimum Gasteiger partial charge on any atom is -0.493 e. The van der Waals surface area contributed by atoms with Crippen molar-refractivity contribution in [2.45, 2.75) is 33.1 Å². The number of carbonyl (C=O) groups excluding carboxylic acids is 2. The molecule has 0 bridgehead atoms. The zero-order chi connectivity index (χ0) is 22.1. The van der Waals surface area contributed by atoms with Gasteiger partial charge in [-0.3, -0.25) is 10.2 Å². The van der Waals surface area contributed by atoms with E-state index in [2.05, 4.69) is 12.2 Å². The molecule has 1 aliphatic carbocycles. The first kappa shape index (κ1) is 21.1. The van der Waals surface area contributed by atoms with Gasteiger partial charge in [-0.2, -0.15) is 0 Å². The first-order chi connectivity index (χ1) is 14.9. The molecule has 31 heavy (non-hydrogen) atoms. The number of hydrogen-bond acceptors (Lipinski definition) is 7. The van der Waals surface area contributed by atoms with Crippen molar-refractivity contribution in [3.8, 4) is 5.75 Å². The summed E-state index contributed by atoms with van der Waals surface area (Å²) < 4.78 is 16.1. The van der Waals surface area contributed by atoms with E-state index in [-0.39, 0.29) is 17.7 Å². The molecule has 2 aromatic heterocycles. The number of thiophene rings is 1. The molecule has 0 saturated carbocycles. The SMILES string of the molecule is CCOC(=O)c1c(NC(=O)c2cc3cccc(OC)c3oc2=N)sc2c1CC[C@H](C)C2. The van der Waals surface area contributed by atoms with Gasteiger partial charge in [-0.05, 0) is 49.8 Å². The number of methoxy groups -OCH3 is 1. The number of esters is 1. The quantitative estimate of drug-likeness (QED) is 0.567. The molecule has 0 radical (unpaired) electrons. The Kier molecular flexibility index (Phi) is 5.82. The van der Waals surface area contributed by atoms with E-state index in [1.54, 1.807) is 31.2 Å². The van der Waals surface area contributed by atoms with Gasteiger partial charge in [0.2, 0.25) is 5.55 Å². The Balaban J connectivity index is 1.73. The van der Waals surface area contributed by atoms with Crippen molar-refractivity contribution in [3.05, 3.63) is 51.4 Å². The van der Waals surface area contributed by atoms with Crippen LogP contribution in [0, 0.1) is 11.3 Å². The van der Waals surface area contributed by atoms with Crippen LogP contribution in [0.15, 0.2) is 28.7 Å². The number of anilines is 1. The normalized spacial score (nSPS) is 15.4. The van der Waals surface area contributed by atoms with Crippen molar-refractivity contribution < 1.29 is 23.5 Å². The number of para-hydroxylation sites is 1. The summed E-state index contributed by atoms with van der Waals surface area (Å²) in [5, 5.41) is 12.2. The maximum atomic E-state index is 13.1. The van der Waals surface area contributed by atoms with Gasteiger partial charge in [0.05, 0.1) is 19.3 Å². The Labute approximate surface area is 183 Å². The van der Waals surface area contributed by atoms with E-state index >= 15 is 0 Å². The number of amides is 1. The highest BCUT2D eigenvalue weighted by Crippen LogP contribution is 2.40. The van der Waals surface area contributed by atoms with Crippen molar-refractivity contribution in [2.24, 2.45) is 5.92 Å². The minimum atomic E-state index is -0.504. The molecule has 0 unspecified atom stereocenters. The number of rotatable bonds is 5. The standard InChI is InChI=1S/C23H24N2O5S/c1-4-29-23(27)18-14-9-8-12(2)10-17(14)31-22(18)25-21(26)15-11-13-6-5-7-16(28-3)19(13)30-20(15)24/h5-7,11-12,24H,4,8-10H2,1-3H3,(H,25,26)/t12-/m0/s1. The van der Waals surface area contributed by atoms with Crippen LogP contribution >= 0.6 is 11.3 Å². The second kappa shape index (κ2) is 8.55. The Bertz CT molecular complexity index is 1230. The van der Waals surface area contributed by atoms with Gasteiger partial charge < -0.3 is 19.2 Å². The van der Waals surface area contributed by atoms with Crippen molar-refractivity contribution in [3.63, 3.8) is 0 Å². The topological polar surface area (TPSA) is 102 Å². The molecule has 2 heterocycles. The molecule has 1 aliphatic rings. The highest BCUT2D eigenvalue weighted by molar-refractivity contribution is 7.17. The second-order valence-corrected chi connectivity index (χ2v) is 8.70. The van der Waals surface area contributed by atoms with Crippen LogP contribution in [0.2, 0.25) is 0 Å². The molecular weight excluding hydrogens is 416 g/mol. The van der Waals surface area contributed by atoms with Crippen LogP contribution in [0.4, 0.5) is 5.00 Å². The lowest BCUT2D eigenvalue weighted by atomic mass is 9.88. The number of hydrogen-bond donors (Lipinski definition) is 2. The minimum absolute atomic E-state index is 0.0790. The highest BCUT2D eigenvalue weighted by Gasteiger charge is 2.29. The lowest BCUT2D eigenvalue weighted by molar-refractivity contribution is 0.0526. The summed E-state index contributed by atoms with van der Waals surface area (Å²) in [7, 11) is 1.52. The van der Waals surface area contributed by atoms with Crippen molar-refractivity contribution >= 4 is 39.2 Å². The Morgan fingerprint density at radius 1 is 1.35 bits per heavy atom. The third-order valence-electron chi connectivity index (χ3n) is 5.44. The number of benzene rings is 1. The van der Waals surface area contributed by atoms with Gasteiger partial charge in [-0.1, -0.05) is 19.1 Å². The average molecular weight is 441 g/mol. The molecule has 1 amide bonds. The highest BCUT2D eigenvalue weighted by atomic mass is 32.1. The lowest BCUT2D eigenvalue weighted by Crippen LogP contribution is -2.22. The Morgan fingerprint density at radius 2 is 2.16 bits per heavy atom. The summed E-state index contributed by atoms with van der Waals surface area (Å²) in [5.41, 5.74) is 1.61. The molecule has 2 N–H and O–H groups in total. The summed E-state index contributed by atoms with van der Waals surface area (Å²) in [5.74, 6) is 0.0843. The molecule has 7 nitrogen and oxygen atoms in total. The summed E-state index contributed by atoms with van der Waals surface area (Å²) >= 11 is 1.41. The monoisotopic (exact) mass is 440 g/mol. The van der Waals surface area contributed by atoms with Gasteiger partial charge in [0.25, 0.3) is 5.91 Å². The van der Waals surface area contributed by atoms with Gasteiger partial charge in [-0.25, -0.2) is 4.79 Å². The molecule has 0 fully saturated rings. The molecule has 1 aromatic carbocycles. The number of ether oxygens (including phenoxy) is 2. The van der Waals surface area contributed by atoms with Crippen molar-refractivity contribution in [1.82, 2.24) is 0 Å². The molecule has 8 heteroatoms. The van der Waals surface area contributed by atoms with Crippen LogP contribution in [0.25, 0.3) is 11.0 Å². The molecule has 0 spiro atoms. The van der Waals surface area contributed by atoms with Crippen LogP contribution in [0.1, 0.15) is 51.4 Å². The van der Waals surface area contributed by atoms with Crippen LogP contribution in [0.5, 0.6) is 5.75 Å². The lowest BCUT2D eigenvalue weighted by Gasteiger charge is -2.18. The first-order valence-electron chi connectivity index (χ1n) is 10.2. The van der Waals surface area contributed by atoms with Gasteiger partial charge >= 0.3 is 5.97 Å². The summed E-state index contributed by atoms with van der Waals surface area (Å²) in [6.45, 7) is 4.20. The summed E-state index contributed by atoms with van der Waals surface area (Å²) in [6, 6.07) is 6.90. The molecule has 0 aliphatic heterocycles. The molecule has 0 saturated heterocycles. The fourth-order valence-corrected chi connectivity index (χ4v) is 5.29. The zero-order valence-corrected chi connectivity index (χ0v) is 18.5. The van der Waals surface area contributed by atoms with E-state index in [0.29, 0.717) is 33.2 Å². The van der Waals surface area contributed by atoms with Gasteiger partial charge in [0, 0.05) is 10.3 Å². The summed E-state index contributed by atoms with van der Waals surface area (Å²) in [4.78, 5) is 26.9. The van der Waals surface area contributed by atoms with Gasteiger partial charge in [-0.15, -0.1) is 11.3 Å². The fraction of sp³-hybridized carbons (Fsp3) is 0.348. The number of fused-ring (bicyclic) bond motifs is 2. The largest absolute Gasteiger partial charge is 0.493 e. The second-order valence-electron chi connectivity index (χ2n) is 7.60. The van der Waals surface area contributed by atoms with E-state index in [4.69, 9.17) is 19.3 Å². The van der Waals surface area contributed by atoms with E-state index in [0.717, 1.165) is 29.7 Å². The molecule has 1 atom stereocenters. The van der Waals surface area contributed by atoms with Crippen molar-refractivity contribution in [2.75, 3.05) is 19.0 Å². The van der Waals surface area contributed by atoms with E-state index < -0.39 is 11.9 Å². The van der Waals surface area contributed by atoms with Crippen LogP contribution in [-0.2, 0) is 17.6 Å². The van der Waals surface area contributed by atoms with E-state index in [9.17, 15) is 9.59 Å². The molecular formula is C23H24N2O5S. The van der Waals surface area contributed by atoms with Crippen LogP contribution in [-0.4, -0.2) is 25.6 Å². The van der Waals surface area contributed by atoms with Crippen LogP contribution in [0.3, 0.4) is 0 Å². The molecule has 162 valence electrons. The summed E-state index contributed by atoms with van der Waals surface area (Å²) in [6.07, 6.45) is 2.65. The van der Waals surface area contributed by atoms with E-state index in [1.165, 1.54) is 18.4 Å². The number of carbonyl (C=O) groups is 2. The predicted octanol–water partition coefficient (Wildman–Crippen LogP) is 4.54. The van der Waals surface area contributed by atoms with Crippen molar-refractivity contribution in [1.29, 1.82) is 5.41 Å². The number of nitrogens with one attached hydrogen (secondary N) is 2. The molecule has 4 rings (SSSR count). The average Bonchev–Trinajstić information content (AvgIpc) is 3.09. The third kappa shape index (κ3) is 3.95. The Morgan fingerprint density at radius 3 is 2.90 bits per heavy atom. The smallest absolute Gasteiger partial charge is 0.341 e. The van der Waals surface area contributed by atoms with Crippen LogP contribution < -0.4 is 15.6 Å². The van der Waals surface area contributed by atoms with Gasteiger partial charge in [0.1, 0.15) is 10.6 Å². The predicted molar refractivity (Wildman–Crippen MR) is 118 cm³/mol. The zero-order valence-electron chi connectivity index (χ0n) is 17.7. The maximum absolute atomic E-state index is 13.1. The van der Waals surface area contributed by atoms with Gasteiger partial charge in [0.15, 0.2) is 11.3 Å². The Hall–Kier alpha value is -3.13. The molecule has 3 aromatic rings. The van der Waals surface area contributed by atoms with E-state index in [1.807, 2.05) is 0 Å². The fourth-order valence-electron chi connectivity index (χ4n) is 3.89. The first-order valence-corrected chi connectivity index (χ1v) is 11.0.